The van der Waals surface area contributed by atoms with Crippen molar-refractivity contribution in [2.24, 2.45) is 4.99 Å². The van der Waals surface area contributed by atoms with Gasteiger partial charge in [0, 0.05) is 11.3 Å². The molecule has 24 heavy (non-hydrogen) atoms. The lowest BCUT2D eigenvalue weighted by Crippen LogP contribution is -2.28. The van der Waals surface area contributed by atoms with E-state index in [-0.39, 0.29) is 6.04 Å². The fraction of sp³-hybridized carbons (Fsp3) is 0.136. The summed E-state index contributed by atoms with van der Waals surface area (Å²) in [6, 6.07) is 29.9. The summed E-state index contributed by atoms with van der Waals surface area (Å²) in [7, 11) is 0. The molecule has 118 valence electrons. The number of aliphatic imine (C=N–C) groups is 1. The minimum absolute atomic E-state index is 0.169. The molecule has 3 aromatic carbocycles. The quantitative estimate of drug-likeness (QED) is 0.664. The van der Waals surface area contributed by atoms with E-state index in [9.17, 15) is 0 Å². The van der Waals surface area contributed by atoms with Crippen molar-refractivity contribution in [1.29, 1.82) is 0 Å². The average Bonchev–Trinajstić information content (AvgIpc) is 3.09. The van der Waals surface area contributed by atoms with Gasteiger partial charge in [-0.25, -0.2) is 0 Å². The molecular formula is C22H20N2. The molecule has 0 bridgehead atoms. The van der Waals surface area contributed by atoms with Crippen LogP contribution in [0.5, 0.6) is 0 Å². The predicted molar refractivity (Wildman–Crippen MR) is 101 cm³/mol. The van der Waals surface area contributed by atoms with Crippen molar-refractivity contribution >= 4 is 11.5 Å². The number of aryl methyl sites for hydroxylation is 1. The largest absolute Gasteiger partial charge is 0.324 e. The molecule has 3 aromatic rings. The van der Waals surface area contributed by atoms with Crippen molar-refractivity contribution in [2.75, 3.05) is 11.4 Å². The second-order valence-corrected chi connectivity index (χ2v) is 6.19. The molecule has 0 saturated carbocycles. The van der Waals surface area contributed by atoms with Crippen LogP contribution in [0.3, 0.4) is 0 Å². The summed E-state index contributed by atoms with van der Waals surface area (Å²) >= 11 is 0. The number of rotatable bonds is 3. The highest BCUT2D eigenvalue weighted by Crippen LogP contribution is 2.31. The molecule has 2 nitrogen and oxygen atoms in total. The highest BCUT2D eigenvalue weighted by molar-refractivity contribution is 6.11. The van der Waals surface area contributed by atoms with E-state index in [2.05, 4.69) is 90.7 Å². The minimum Gasteiger partial charge on any atom is -0.324 e. The minimum atomic E-state index is 0.169. The Balaban J connectivity index is 1.75. The van der Waals surface area contributed by atoms with Crippen molar-refractivity contribution in [1.82, 2.24) is 0 Å². The van der Waals surface area contributed by atoms with Crippen LogP contribution in [-0.4, -0.2) is 12.4 Å². The zero-order chi connectivity index (χ0) is 16.4. The molecule has 0 aliphatic carbocycles. The van der Waals surface area contributed by atoms with E-state index in [0.717, 1.165) is 17.9 Å². The lowest BCUT2D eigenvalue weighted by molar-refractivity contribution is 0.780. The molecule has 0 spiro atoms. The molecule has 0 N–H and O–H groups in total. The van der Waals surface area contributed by atoms with Crippen LogP contribution in [0, 0.1) is 6.92 Å². The molecule has 1 unspecified atom stereocenters. The maximum Gasteiger partial charge on any atom is 0.136 e. The Bertz CT molecular complexity index is 836. The highest BCUT2D eigenvalue weighted by Gasteiger charge is 2.28. The number of anilines is 1. The van der Waals surface area contributed by atoms with E-state index in [1.54, 1.807) is 0 Å². The number of hydrogen-bond acceptors (Lipinski definition) is 2. The molecule has 0 amide bonds. The Kier molecular flexibility index (Phi) is 3.87. The fourth-order valence-corrected chi connectivity index (χ4v) is 3.14. The number of amidine groups is 1. The normalized spacial score (nSPS) is 17.0. The van der Waals surface area contributed by atoms with Crippen molar-refractivity contribution in [3.8, 4) is 0 Å². The number of hydrogen-bond donors (Lipinski definition) is 0. The summed E-state index contributed by atoms with van der Waals surface area (Å²) < 4.78 is 0. The van der Waals surface area contributed by atoms with Crippen LogP contribution in [-0.2, 0) is 0 Å². The highest BCUT2D eigenvalue weighted by atomic mass is 15.3. The first-order chi connectivity index (χ1) is 11.8. The molecule has 0 saturated heterocycles. The Hall–Kier alpha value is -2.87. The molecular weight excluding hydrogens is 292 g/mol. The van der Waals surface area contributed by atoms with E-state index in [1.165, 1.54) is 16.8 Å². The zero-order valence-corrected chi connectivity index (χ0v) is 13.8. The summed E-state index contributed by atoms with van der Waals surface area (Å²) in [5.41, 5.74) is 4.90. The molecule has 0 aromatic heterocycles. The number of benzene rings is 3. The van der Waals surface area contributed by atoms with Gasteiger partial charge >= 0.3 is 0 Å². The SMILES string of the molecule is Cc1ccc(N2CC(c3ccccc3)N=C2c2ccccc2)cc1. The average molecular weight is 312 g/mol. The van der Waals surface area contributed by atoms with Gasteiger partial charge in [0.15, 0.2) is 0 Å². The smallest absolute Gasteiger partial charge is 0.136 e. The summed E-state index contributed by atoms with van der Waals surface area (Å²) in [5, 5.41) is 0. The molecule has 0 fully saturated rings. The Labute approximate surface area is 143 Å². The van der Waals surface area contributed by atoms with Crippen molar-refractivity contribution < 1.29 is 0 Å². The van der Waals surface area contributed by atoms with Crippen molar-refractivity contribution in [3.63, 3.8) is 0 Å². The van der Waals surface area contributed by atoms with Crippen LogP contribution >= 0.6 is 0 Å². The Morgan fingerprint density at radius 2 is 1.42 bits per heavy atom. The monoisotopic (exact) mass is 312 g/mol. The Morgan fingerprint density at radius 3 is 2.08 bits per heavy atom. The predicted octanol–water partition coefficient (Wildman–Crippen LogP) is 5.00. The van der Waals surface area contributed by atoms with Crippen LogP contribution in [0.25, 0.3) is 0 Å². The van der Waals surface area contributed by atoms with Crippen LogP contribution in [0.4, 0.5) is 5.69 Å². The van der Waals surface area contributed by atoms with Crippen molar-refractivity contribution in [3.05, 3.63) is 102 Å². The van der Waals surface area contributed by atoms with Gasteiger partial charge in [0.25, 0.3) is 0 Å². The molecule has 4 rings (SSSR count). The van der Waals surface area contributed by atoms with Gasteiger partial charge in [-0.1, -0.05) is 78.4 Å². The van der Waals surface area contributed by atoms with Gasteiger partial charge in [-0.3, -0.25) is 4.99 Å². The van der Waals surface area contributed by atoms with Crippen LogP contribution < -0.4 is 4.90 Å². The molecule has 1 atom stereocenters. The standard InChI is InChI=1S/C22H20N2/c1-17-12-14-20(15-13-17)24-16-21(18-8-4-2-5-9-18)23-22(24)19-10-6-3-7-11-19/h2-15,21H,16H2,1H3. The van der Waals surface area contributed by atoms with Crippen LogP contribution in [0.15, 0.2) is 89.9 Å². The van der Waals surface area contributed by atoms with E-state index in [4.69, 9.17) is 4.99 Å². The van der Waals surface area contributed by atoms with E-state index < -0.39 is 0 Å². The summed E-state index contributed by atoms with van der Waals surface area (Å²) in [4.78, 5) is 7.38. The van der Waals surface area contributed by atoms with E-state index in [1.807, 2.05) is 6.07 Å². The molecule has 0 radical (unpaired) electrons. The first-order valence-electron chi connectivity index (χ1n) is 8.33. The first-order valence-corrected chi connectivity index (χ1v) is 8.33. The third-order valence-electron chi connectivity index (χ3n) is 4.45. The lowest BCUT2D eigenvalue weighted by Gasteiger charge is -2.21. The van der Waals surface area contributed by atoms with Crippen molar-refractivity contribution in [2.45, 2.75) is 13.0 Å². The van der Waals surface area contributed by atoms with Gasteiger partial charge in [-0.05, 0) is 24.6 Å². The maximum atomic E-state index is 5.05. The second-order valence-electron chi connectivity index (χ2n) is 6.19. The van der Waals surface area contributed by atoms with Gasteiger partial charge in [-0.15, -0.1) is 0 Å². The third kappa shape index (κ3) is 2.83. The Morgan fingerprint density at radius 1 is 0.792 bits per heavy atom. The zero-order valence-electron chi connectivity index (χ0n) is 13.8. The first kappa shape index (κ1) is 14.7. The van der Waals surface area contributed by atoms with E-state index in [0.29, 0.717) is 0 Å². The topological polar surface area (TPSA) is 15.6 Å². The van der Waals surface area contributed by atoms with Crippen LogP contribution in [0.1, 0.15) is 22.7 Å². The lowest BCUT2D eigenvalue weighted by atomic mass is 10.1. The van der Waals surface area contributed by atoms with Gasteiger partial charge in [-0.2, -0.15) is 0 Å². The summed E-state index contributed by atoms with van der Waals surface area (Å²) in [6.45, 7) is 2.99. The van der Waals surface area contributed by atoms with Gasteiger partial charge in [0.1, 0.15) is 5.84 Å². The van der Waals surface area contributed by atoms with Gasteiger partial charge in [0.2, 0.25) is 0 Å². The summed E-state index contributed by atoms with van der Waals surface area (Å²) in [6.07, 6.45) is 0. The van der Waals surface area contributed by atoms with Crippen LogP contribution in [0.2, 0.25) is 0 Å². The van der Waals surface area contributed by atoms with E-state index >= 15 is 0 Å². The van der Waals surface area contributed by atoms with Gasteiger partial charge < -0.3 is 4.90 Å². The van der Waals surface area contributed by atoms with Gasteiger partial charge in [0.05, 0.1) is 12.6 Å². The molecule has 1 aliphatic rings. The summed E-state index contributed by atoms with van der Waals surface area (Å²) in [5.74, 6) is 1.05. The number of nitrogens with zero attached hydrogens (tertiary/aromatic N) is 2. The fourth-order valence-electron chi connectivity index (χ4n) is 3.14. The third-order valence-corrected chi connectivity index (χ3v) is 4.45. The molecule has 2 heteroatoms. The molecule has 1 aliphatic heterocycles. The maximum absolute atomic E-state index is 5.05. The second kappa shape index (κ2) is 6.32. The molecule has 1 heterocycles.